The van der Waals surface area contributed by atoms with Crippen LogP contribution in [0.25, 0.3) is 10.8 Å². The summed E-state index contributed by atoms with van der Waals surface area (Å²) in [7, 11) is 0. The van der Waals surface area contributed by atoms with Gasteiger partial charge in [0.1, 0.15) is 5.75 Å². The minimum Gasteiger partial charge on any atom is -0.506 e. The molecular formula is C15H17ClN2O2. The number of piperazine rings is 1. The smallest absolute Gasteiger partial charge is 0.257 e. The summed E-state index contributed by atoms with van der Waals surface area (Å²) in [4.78, 5) is 14.2. The number of hydrogen-bond acceptors (Lipinski definition) is 3. The second-order valence-electron chi connectivity index (χ2n) is 4.73. The SMILES string of the molecule is Cl.O=C(c1ccc2ccccc2c1O)N1CCNCC1. The molecule has 3 rings (SSSR count). The highest BCUT2D eigenvalue weighted by atomic mass is 35.5. The van der Waals surface area contributed by atoms with Crippen molar-refractivity contribution in [1.82, 2.24) is 10.2 Å². The Kier molecular flexibility index (Phi) is 4.47. The Labute approximate surface area is 123 Å². The molecular weight excluding hydrogens is 276 g/mol. The van der Waals surface area contributed by atoms with Gasteiger partial charge in [0.2, 0.25) is 0 Å². The average molecular weight is 293 g/mol. The summed E-state index contributed by atoms with van der Waals surface area (Å²) in [6.45, 7) is 2.98. The lowest BCUT2D eigenvalue weighted by Crippen LogP contribution is -2.46. The van der Waals surface area contributed by atoms with Gasteiger partial charge in [-0.2, -0.15) is 0 Å². The number of rotatable bonds is 1. The monoisotopic (exact) mass is 292 g/mol. The van der Waals surface area contributed by atoms with E-state index >= 15 is 0 Å². The summed E-state index contributed by atoms with van der Waals surface area (Å²) in [6.07, 6.45) is 0. The Morgan fingerprint density at radius 3 is 2.55 bits per heavy atom. The number of hydrogen-bond donors (Lipinski definition) is 2. The van der Waals surface area contributed by atoms with E-state index < -0.39 is 0 Å². The molecule has 2 N–H and O–H groups in total. The quantitative estimate of drug-likeness (QED) is 0.845. The predicted molar refractivity (Wildman–Crippen MR) is 81.6 cm³/mol. The second-order valence-corrected chi connectivity index (χ2v) is 4.73. The van der Waals surface area contributed by atoms with Crippen molar-refractivity contribution < 1.29 is 9.90 Å². The average Bonchev–Trinajstić information content (AvgIpc) is 2.48. The number of nitrogens with one attached hydrogen (secondary N) is 1. The number of fused-ring (bicyclic) bond motifs is 1. The molecule has 1 aliphatic heterocycles. The lowest BCUT2D eigenvalue weighted by atomic mass is 10.0. The molecule has 0 aromatic heterocycles. The van der Waals surface area contributed by atoms with Gasteiger partial charge in [0.15, 0.2) is 0 Å². The fourth-order valence-corrected chi connectivity index (χ4v) is 2.47. The van der Waals surface area contributed by atoms with Crippen molar-refractivity contribution in [2.24, 2.45) is 0 Å². The number of aromatic hydroxyl groups is 1. The van der Waals surface area contributed by atoms with Gasteiger partial charge in [-0.15, -0.1) is 12.4 Å². The molecule has 1 fully saturated rings. The van der Waals surface area contributed by atoms with Gasteiger partial charge >= 0.3 is 0 Å². The highest BCUT2D eigenvalue weighted by molar-refractivity contribution is 6.03. The first kappa shape index (κ1) is 14.6. The maximum absolute atomic E-state index is 12.4. The zero-order valence-corrected chi connectivity index (χ0v) is 11.8. The predicted octanol–water partition coefficient (Wildman–Crippen LogP) is 2.01. The Balaban J connectivity index is 0.00000147. The molecule has 1 saturated heterocycles. The zero-order chi connectivity index (χ0) is 13.2. The molecule has 0 bridgehead atoms. The van der Waals surface area contributed by atoms with Crippen molar-refractivity contribution in [3.05, 3.63) is 42.0 Å². The molecule has 0 atom stereocenters. The molecule has 4 nitrogen and oxygen atoms in total. The van der Waals surface area contributed by atoms with Crippen LogP contribution in [0.4, 0.5) is 0 Å². The van der Waals surface area contributed by atoms with Gasteiger partial charge < -0.3 is 15.3 Å². The lowest BCUT2D eigenvalue weighted by Gasteiger charge is -2.27. The summed E-state index contributed by atoms with van der Waals surface area (Å²) in [6, 6.07) is 11.1. The van der Waals surface area contributed by atoms with Crippen LogP contribution in [-0.4, -0.2) is 42.1 Å². The first-order valence-corrected chi connectivity index (χ1v) is 6.48. The van der Waals surface area contributed by atoms with Crippen molar-refractivity contribution in [1.29, 1.82) is 0 Å². The number of nitrogens with zero attached hydrogens (tertiary/aromatic N) is 1. The van der Waals surface area contributed by atoms with E-state index in [-0.39, 0.29) is 24.1 Å². The Hall–Kier alpha value is -1.78. The van der Waals surface area contributed by atoms with Crippen LogP contribution in [0, 0.1) is 0 Å². The molecule has 0 radical (unpaired) electrons. The van der Waals surface area contributed by atoms with Crippen LogP contribution in [0.5, 0.6) is 5.75 Å². The van der Waals surface area contributed by atoms with Crippen molar-refractivity contribution in [3.8, 4) is 5.75 Å². The molecule has 2 aromatic rings. The van der Waals surface area contributed by atoms with Gasteiger partial charge in [-0.25, -0.2) is 0 Å². The molecule has 2 aromatic carbocycles. The van der Waals surface area contributed by atoms with Gasteiger partial charge in [0, 0.05) is 31.6 Å². The minimum atomic E-state index is -0.0928. The van der Waals surface area contributed by atoms with Gasteiger partial charge in [0.05, 0.1) is 5.56 Å². The van der Waals surface area contributed by atoms with E-state index in [2.05, 4.69) is 5.32 Å². The van der Waals surface area contributed by atoms with Gasteiger partial charge in [-0.3, -0.25) is 4.79 Å². The number of benzene rings is 2. The van der Waals surface area contributed by atoms with E-state index in [4.69, 9.17) is 0 Å². The molecule has 0 saturated carbocycles. The van der Waals surface area contributed by atoms with Crippen molar-refractivity contribution in [2.45, 2.75) is 0 Å². The third-order valence-corrected chi connectivity index (χ3v) is 3.54. The summed E-state index contributed by atoms with van der Waals surface area (Å²) in [5.41, 5.74) is 0.389. The highest BCUT2D eigenvalue weighted by Gasteiger charge is 2.21. The first-order valence-electron chi connectivity index (χ1n) is 6.48. The summed E-state index contributed by atoms with van der Waals surface area (Å²) in [5.74, 6) is -0.00798. The number of amides is 1. The van der Waals surface area contributed by atoms with Crippen LogP contribution in [0.2, 0.25) is 0 Å². The number of halogens is 1. The standard InChI is InChI=1S/C15H16N2O2.ClH/c18-14-12-4-2-1-3-11(12)5-6-13(14)15(19)17-9-7-16-8-10-17;/h1-6,16,18H,7-10H2;1H. The van der Waals surface area contributed by atoms with E-state index in [1.54, 1.807) is 11.0 Å². The molecule has 106 valence electrons. The molecule has 5 heteroatoms. The Morgan fingerprint density at radius 1 is 1.10 bits per heavy atom. The van der Waals surface area contributed by atoms with Crippen molar-refractivity contribution >= 4 is 29.1 Å². The summed E-state index contributed by atoms with van der Waals surface area (Å²) >= 11 is 0. The lowest BCUT2D eigenvalue weighted by molar-refractivity contribution is 0.0733. The van der Waals surface area contributed by atoms with Crippen LogP contribution in [0.1, 0.15) is 10.4 Å². The number of phenols is 1. The van der Waals surface area contributed by atoms with Gasteiger partial charge in [0.25, 0.3) is 5.91 Å². The fourth-order valence-electron chi connectivity index (χ4n) is 2.47. The maximum Gasteiger partial charge on any atom is 0.257 e. The fraction of sp³-hybridized carbons (Fsp3) is 0.267. The second kappa shape index (κ2) is 6.11. The molecule has 1 heterocycles. The topological polar surface area (TPSA) is 52.6 Å². The molecule has 0 spiro atoms. The Bertz CT molecular complexity index is 624. The zero-order valence-electron chi connectivity index (χ0n) is 11.0. The minimum absolute atomic E-state index is 0. The van der Waals surface area contributed by atoms with E-state index in [0.29, 0.717) is 18.7 Å². The normalized spacial score (nSPS) is 14.9. The van der Waals surface area contributed by atoms with Crippen LogP contribution < -0.4 is 5.32 Å². The Morgan fingerprint density at radius 2 is 1.80 bits per heavy atom. The van der Waals surface area contributed by atoms with Crippen LogP contribution in [-0.2, 0) is 0 Å². The first-order chi connectivity index (χ1) is 9.27. The molecule has 20 heavy (non-hydrogen) atoms. The van der Waals surface area contributed by atoms with E-state index in [9.17, 15) is 9.90 Å². The van der Waals surface area contributed by atoms with E-state index in [0.717, 1.165) is 23.9 Å². The number of phenolic OH excluding ortho intramolecular Hbond substituents is 1. The van der Waals surface area contributed by atoms with E-state index in [1.165, 1.54) is 0 Å². The largest absolute Gasteiger partial charge is 0.506 e. The summed E-state index contributed by atoms with van der Waals surface area (Å²) in [5, 5.41) is 15.2. The molecule has 0 aliphatic carbocycles. The molecule has 1 amide bonds. The van der Waals surface area contributed by atoms with Crippen LogP contribution >= 0.6 is 12.4 Å². The highest BCUT2D eigenvalue weighted by Crippen LogP contribution is 2.29. The number of carbonyl (C=O) groups excluding carboxylic acids is 1. The number of carbonyl (C=O) groups is 1. The third-order valence-electron chi connectivity index (χ3n) is 3.54. The molecule has 1 aliphatic rings. The summed E-state index contributed by atoms with van der Waals surface area (Å²) < 4.78 is 0. The molecule has 0 unspecified atom stereocenters. The maximum atomic E-state index is 12.4. The van der Waals surface area contributed by atoms with Gasteiger partial charge in [-0.1, -0.05) is 30.3 Å². The van der Waals surface area contributed by atoms with Crippen LogP contribution in [0.3, 0.4) is 0 Å². The van der Waals surface area contributed by atoms with E-state index in [1.807, 2.05) is 30.3 Å². The van der Waals surface area contributed by atoms with Gasteiger partial charge in [-0.05, 0) is 11.5 Å². The van der Waals surface area contributed by atoms with Crippen molar-refractivity contribution in [3.63, 3.8) is 0 Å². The van der Waals surface area contributed by atoms with Crippen molar-refractivity contribution in [2.75, 3.05) is 26.2 Å². The van der Waals surface area contributed by atoms with Crippen LogP contribution in [0.15, 0.2) is 36.4 Å². The third kappa shape index (κ3) is 2.57.